The zero-order valence-electron chi connectivity index (χ0n) is 12.7. The third-order valence-corrected chi connectivity index (χ3v) is 2.89. The van der Waals surface area contributed by atoms with Gasteiger partial charge >= 0.3 is 12.0 Å². The van der Waals surface area contributed by atoms with Crippen LogP contribution in [0.2, 0.25) is 0 Å². The molecule has 114 valence electrons. The van der Waals surface area contributed by atoms with E-state index >= 15 is 0 Å². The number of carbonyl (C=O) groups is 3. The lowest BCUT2D eigenvalue weighted by molar-refractivity contribution is -0.133. The topological polar surface area (TPSA) is 89.9 Å². The van der Waals surface area contributed by atoms with Crippen LogP contribution in [0.3, 0.4) is 0 Å². The van der Waals surface area contributed by atoms with Gasteiger partial charge in [0.05, 0.1) is 0 Å². The molecular weight excluding hydrogens is 262 g/mol. The van der Waals surface area contributed by atoms with Crippen LogP contribution in [-0.2, 0) is 9.59 Å². The molecule has 0 fully saturated rings. The Morgan fingerprint density at radius 1 is 1.00 bits per heavy atom. The molecule has 0 saturated carbocycles. The van der Waals surface area contributed by atoms with Crippen LogP contribution < -0.4 is 5.32 Å². The SMILES string of the molecule is CC(C(=O)O)=C(C)C(=O)NC(=O)N(C)CCCN(C)C. The molecule has 0 bridgehead atoms. The van der Waals surface area contributed by atoms with E-state index in [2.05, 4.69) is 5.32 Å². The molecule has 0 radical (unpaired) electrons. The van der Waals surface area contributed by atoms with Crippen molar-refractivity contribution in [1.29, 1.82) is 0 Å². The fraction of sp³-hybridized carbons (Fsp3) is 0.615. The van der Waals surface area contributed by atoms with E-state index in [4.69, 9.17) is 5.11 Å². The maximum Gasteiger partial charge on any atom is 0.331 e. The van der Waals surface area contributed by atoms with Crippen LogP contribution in [0.1, 0.15) is 20.3 Å². The third-order valence-electron chi connectivity index (χ3n) is 2.89. The molecule has 0 aromatic heterocycles. The van der Waals surface area contributed by atoms with Gasteiger partial charge in [-0.15, -0.1) is 0 Å². The monoisotopic (exact) mass is 285 g/mol. The van der Waals surface area contributed by atoms with Gasteiger partial charge in [-0.3, -0.25) is 10.1 Å². The first kappa shape index (κ1) is 18.1. The number of rotatable bonds is 6. The van der Waals surface area contributed by atoms with Gasteiger partial charge in [-0.05, 0) is 40.9 Å². The Morgan fingerprint density at radius 2 is 1.55 bits per heavy atom. The molecule has 0 spiro atoms. The number of nitrogens with zero attached hydrogens (tertiary/aromatic N) is 2. The minimum absolute atomic E-state index is 0.0209. The quantitative estimate of drug-likeness (QED) is 0.695. The molecule has 0 unspecified atom stereocenters. The number of carbonyl (C=O) groups excluding carboxylic acids is 2. The first-order valence-electron chi connectivity index (χ1n) is 6.28. The molecule has 7 nitrogen and oxygen atoms in total. The Bertz CT molecular complexity index is 416. The van der Waals surface area contributed by atoms with Crippen molar-refractivity contribution in [3.8, 4) is 0 Å². The number of hydrogen-bond donors (Lipinski definition) is 2. The number of urea groups is 1. The van der Waals surface area contributed by atoms with Crippen molar-refractivity contribution >= 4 is 17.9 Å². The van der Waals surface area contributed by atoms with E-state index < -0.39 is 17.9 Å². The summed E-state index contributed by atoms with van der Waals surface area (Å²) >= 11 is 0. The van der Waals surface area contributed by atoms with Crippen LogP contribution >= 0.6 is 0 Å². The largest absolute Gasteiger partial charge is 0.478 e. The Hall–Kier alpha value is -1.89. The molecule has 0 atom stereocenters. The van der Waals surface area contributed by atoms with Crippen molar-refractivity contribution in [2.24, 2.45) is 0 Å². The number of amides is 3. The van der Waals surface area contributed by atoms with Gasteiger partial charge in [-0.25, -0.2) is 9.59 Å². The van der Waals surface area contributed by atoms with Crippen LogP contribution in [0.15, 0.2) is 11.1 Å². The number of nitrogens with one attached hydrogen (secondary N) is 1. The maximum absolute atomic E-state index is 11.7. The van der Waals surface area contributed by atoms with Crippen molar-refractivity contribution in [3.05, 3.63) is 11.1 Å². The van der Waals surface area contributed by atoms with E-state index in [9.17, 15) is 14.4 Å². The van der Waals surface area contributed by atoms with Crippen LogP contribution in [0.4, 0.5) is 4.79 Å². The summed E-state index contributed by atoms with van der Waals surface area (Å²) in [6, 6.07) is -0.536. The van der Waals surface area contributed by atoms with Crippen molar-refractivity contribution in [3.63, 3.8) is 0 Å². The number of aliphatic carboxylic acids is 1. The Kier molecular flexibility index (Phi) is 7.53. The minimum Gasteiger partial charge on any atom is -0.478 e. The molecule has 0 saturated heterocycles. The molecule has 3 amide bonds. The summed E-state index contributed by atoms with van der Waals surface area (Å²) in [5.41, 5.74) is -0.0573. The van der Waals surface area contributed by atoms with Gasteiger partial charge in [0, 0.05) is 24.7 Å². The van der Waals surface area contributed by atoms with Crippen molar-refractivity contribution in [2.45, 2.75) is 20.3 Å². The number of hydrogen-bond acceptors (Lipinski definition) is 4. The molecule has 0 aromatic carbocycles. The van der Waals surface area contributed by atoms with E-state index in [1.54, 1.807) is 7.05 Å². The minimum atomic E-state index is -1.18. The van der Waals surface area contributed by atoms with Gasteiger partial charge < -0.3 is 14.9 Å². The molecule has 0 aromatic rings. The summed E-state index contributed by atoms with van der Waals surface area (Å²) in [5.74, 6) is -1.86. The van der Waals surface area contributed by atoms with E-state index in [1.165, 1.54) is 18.7 Å². The van der Waals surface area contributed by atoms with Crippen LogP contribution in [0.5, 0.6) is 0 Å². The van der Waals surface area contributed by atoms with Gasteiger partial charge in [0.15, 0.2) is 0 Å². The average molecular weight is 285 g/mol. The standard InChI is InChI=1S/C13H23N3O4/c1-9(10(2)12(18)19)11(17)14-13(20)16(5)8-6-7-15(3)4/h6-8H2,1-5H3,(H,18,19)(H,14,17,20). The summed E-state index contributed by atoms with van der Waals surface area (Å²) < 4.78 is 0. The van der Waals surface area contributed by atoms with Gasteiger partial charge in [-0.2, -0.15) is 0 Å². The molecule has 2 N–H and O–H groups in total. The lowest BCUT2D eigenvalue weighted by Crippen LogP contribution is -2.42. The highest BCUT2D eigenvalue weighted by atomic mass is 16.4. The zero-order chi connectivity index (χ0) is 15.9. The highest BCUT2D eigenvalue weighted by Crippen LogP contribution is 2.03. The third kappa shape index (κ3) is 6.33. The molecular formula is C13H23N3O4. The van der Waals surface area contributed by atoms with Gasteiger partial charge in [0.1, 0.15) is 0 Å². The normalized spacial score (nSPS) is 11.9. The first-order chi connectivity index (χ1) is 9.16. The maximum atomic E-state index is 11.7. The molecule has 0 aliphatic carbocycles. The van der Waals surface area contributed by atoms with Gasteiger partial charge in [0.2, 0.25) is 0 Å². The summed E-state index contributed by atoms with van der Waals surface area (Å²) in [5, 5.41) is 10.9. The second-order valence-electron chi connectivity index (χ2n) is 4.89. The lowest BCUT2D eigenvalue weighted by Gasteiger charge is -2.18. The highest BCUT2D eigenvalue weighted by Gasteiger charge is 2.17. The number of carboxylic acids is 1. The second kappa shape index (κ2) is 8.31. The second-order valence-corrected chi connectivity index (χ2v) is 4.89. The van der Waals surface area contributed by atoms with E-state index in [0.717, 1.165) is 13.0 Å². The average Bonchev–Trinajstić information content (AvgIpc) is 2.35. The smallest absolute Gasteiger partial charge is 0.331 e. The Balaban J connectivity index is 4.43. The van der Waals surface area contributed by atoms with Crippen LogP contribution in [0.25, 0.3) is 0 Å². The first-order valence-corrected chi connectivity index (χ1v) is 6.28. The molecule has 7 heteroatoms. The van der Waals surface area contributed by atoms with Crippen molar-refractivity contribution in [2.75, 3.05) is 34.2 Å². The Morgan fingerprint density at radius 3 is 2.00 bits per heavy atom. The molecule has 0 rings (SSSR count). The summed E-state index contributed by atoms with van der Waals surface area (Å²) in [6.45, 7) is 4.04. The van der Waals surface area contributed by atoms with Crippen molar-refractivity contribution < 1.29 is 19.5 Å². The lowest BCUT2D eigenvalue weighted by atomic mass is 10.1. The number of carboxylic acid groups (broad SMARTS) is 1. The summed E-state index contributed by atoms with van der Waals surface area (Å²) in [4.78, 5) is 37.6. The molecule has 0 aliphatic rings. The van der Waals surface area contributed by atoms with E-state index in [0.29, 0.717) is 6.54 Å². The van der Waals surface area contributed by atoms with E-state index in [1.807, 2.05) is 19.0 Å². The van der Waals surface area contributed by atoms with Crippen LogP contribution in [0, 0.1) is 0 Å². The predicted molar refractivity (Wildman–Crippen MR) is 75.3 cm³/mol. The summed E-state index contributed by atoms with van der Waals surface area (Å²) in [6.07, 6.45) is 0.786. The van der Waals surface area contributed by atoms with Crippen molar-refractivity contribution in [1.82, 2.24) is 15.1 Å². The number of imide groups is 1. The highest BCUT2D eigenvalue weighted by molar-refractivity contribution is 6.07. The molecule has 0 heterocycles. The summed E-state index contributed by atoms with van der Waals surface area (Å²) in [7, 11) is 5.46. The van der Waals surface area contributed by atoms with E-state index in [-0.39, 0.29) is 11.1 Å². The zero-order valence-corrected chi connectivity index (χ0v) is 12.7. The predicted octanol–water partition coefficient (Wildman–Crippen LogP) is 0.527. The van der Waals surface area contributed by atoms with Gasteiger partial charge in [0.25, 0.3) is 5.91 Å². The van der Waals surface area contributed by atoms with Crippen LogP contribution in [-0.4, -0.2) is 67.0 Å². The fourth-order valence-corrected chi connectivity index (χ4v) is 1.34. The fourth-order valence-electron chi connectivity index (χ4n) is 1.34. The molecule has 20 heavy (non-hydrogen) atoms. The van der Waals surface area contributed by atoms with Gasteiger partial charge in [-0.1, -0.05) is 0 Å². The molecule has 0 aliphatic heterocycles. The Labute approximate surface area is 119 Å².